The van der Waals surface area contributed by atoms with Crippen LogP contribution in [0.3, 0.4) is 0 Å². The molecule has 4 heteroatoms. The van der Waals surface area contributed by atoms with E-state index in [1.807, 2.05) is 45.0 Å². The number of halogens is 2. The van der Waals surface area contributed by atoms with E-state index in [1.165, 1.54) is 0 Å². The molecule has 0 fully saturated rings. The number of hydrogen-bond acceptors (Lipinski definition) is 1. The van der Waals surface area contributed by atoms with Crippen LogP contribution in [-0.4, -0.2) is 16.2 Å². The van der Waals surface area contributed by atoms with Gasteiger partial charge in [0, 0.05) is 27.7 Å². The molecule has 0 saturated carbocycles. The third kappa shape index (κ3) is 2.56. The lowest BCUT2D eigenvalue weighted by Gasteiger charge is -2.13. The molecule has 0 radical (unpaired) electrons. The Labute approximate surface area is 123 Å². The second-order valence-corrected chi connectivity index (χ2v) is 5.31. The van der Waals surface area contributed by atoms with Crippen LogP contribution in [0, 0.1) is 20.8 Å². The van der Waals surface area contributed by atoms with Crippen molar-refractivity contribution >= 4 is 29.0 Å². The van der Waals surface area contributed by atoms with E-state index >= 15 is 0 Å². The maximum Gasteiger partial charge on any atom is 0.179 e. The molecule has 0 saturated heterocycles. The Morgan fingerprint density at radius 3 is 2.47 bits per heavy atom. The number of Topliss-reactive ketones (excluding diaryl/α,β-unsaturated/α-hetero) is 1. The fraction of sp³-hybridized carbons (Fsp3) is 0.267. The van der Waals surface area contributed by atoms with E-state index in [1.54, 1.807) is 0 Å². The average molecular weight is 296 g/mol. The van der Waals surface area contributed by atoms with Crippen molar-refractivity contribution in [3.8, 4) is 5.69 Å². The zero-order valence-corrected chi connectivity index (χ0v) is 12.6. The van der Waals surface area contributed by atoms with Gasteiger partial charge in [-0.1, -0.05) is 11.6 Å². The van der Waals surface area contributed by atoms with E-state index in [0.29, 0.717) is 10.6 Å². The van der Waals surface area contributed by atoms with E-state index < -0.39 is 0 Å². The molecule has 0 aliphatic rings. The van der Waals surface area contributed by atoms with Crippen LogP contribution >= 0.6 is 23.2 Å². The SMILES string of the molecule is Cc1cc(Cl)ccc1-n1c(C)cc(C(=O)CCl)c1C. The fourth-order valence-electron chi connectivity index (χ4n) is 2.36. The van der Waals surface area contributed by atoms with E-state index in [9.17, 15) is 4.79 Å². The first kappa shape index (κ1) is 14.2. The maximum atomic E-state index is 11.8. The van der Waals surface area contributed by atoms with Crippen molar-refractivity contribution in [1.82, 2.24) is 4.57 Å². The summed E-state index contributed by atoms with van der Waals surface area (Å²) < 4.78 is 2.06. The number of nitrogens with zero attached hydrogens (tertiary/aromatic N) is 1. The van der Waals surface area contributed by atoms with E-state index in [4.69, 9.17) is 23.2 Å². The van der Waals surface area contributed by atoms with E-state index in [0.717, 1.165) is 22.6 Å². The van der Waals surface area contributed by atoms with Crippen LogP contribution in [0.2, 0.25) is 5.02 Å². The van der Waals surface area contributed by atoms with Gasteiger partial charge >= 0.3 is 0 Å². The van der Waals surface area contributed by atoms with Crippen LogP contribution in [0.1, 0.15) is 27.3 Å². The monoisotopic (exact) mass is 295 g/mol. The summed E-state index contributed by atoms with van der Waals surface area (Å²) in [5.74, 6) is -0.0446. The molecule has 0 amide bonds. The minimum absolute atomic E-state index is 0.00386. The second kappa shape index (κ2) is 5.40. The van der Waals surface area contributed by atoms with Gasteiger partial charge in [0.15, 0.2) is 5.78 Å². The van der Waals surface area contributed by atoms with Crippen LogP contribution in [-0.2, 0) is 0 Å². The molecule has 19 heavy (non-hydrogen) atoms. The number of alkyl halides is 1. The third-order valence-electron chi connectivity index (χ3n) is 3.25. The van der Waals surface area contributed by atoms with Crippen molar-refractivity contribution < 1.29 is 4.79 Å². The molecular weight excluding hydrogens is 281 g/mol. The lowest BCUT2D eigenvalue weighted by atomic mass is 10.1. The van der Waals surface area contributed by atoms with Crippen LogP contribution in [0.25, 0.3) is 5.69 Å². The lowest BCUT2D eigenvalue weighted by Crippen LogP contribution is -2.05. The first-order chi connectivity index (χ1) is 8.95. The van der Waals surface area contributed by atoms with Gasteiger partial charge in [-0.3, -0.25) is 4.79 Å². The van der Waals surface area contributed by atoms with Crippen molar-refractivity contribution in [1.29, 1.82) is 0 Å². The summed E-state index contributed by atoms with van der Waals surface area (Å²) in [6.45, 7) is 5.91. The molecule has 0 unspecified atom stereocenters. The molecule has 1 heterocycles. The van der Waals surface area contributed by atoms with Gasteiger partial charge in [-0.15, -0.1) is 11.6 Å². The second-order valence-electron chi connectivity index (χ2n) is 4.61. The van der Waals surface area contributed by atoms with Gasteiger partial charge in [0.2, 0.25) is 0 Å². The largest absolute Gasteiger partial charge is 0.317 e. The third-order valence-corrected chi connectivity index (χ3v) is 3.73. The number of carbonyl (C=O) groups excluding carboxylic acids is 1. The zero-order chi connectivity index (χ0) is 14.2. The predicted octanol–water partition coefficient (Wildman–Crippen LogP) is 4.48. The smallest absolute Gasteiger partial charge is 0.179 e. The van der Waals surface area contributed by atoms with Crippen molar-refractivity contribution in [3.05, 3.63) is 51.8 Å². The Balaban J connectivity index is 2.63. The molecule has 0 atom stereocenters. The maximum absolute atomic E-state index is 11.8. The molecule has 0 spiro atoms. The summed E-state index contributed by atoms with van der Waals surface area (Å²) in [5, 5.41) is 0.709. The summed E-state index contributed by atoms with van der Waals surface area (Å²) in [6.07, 6.45) is 0. The highest BCUT2D eigenvalue weighted by molar-refractivity contribution is 6.31. The van der Waals surface area contributed by atoms with Crippen molar-refractivity contribution in [2.45, 2.75) is 20.8 Å². The first-order valence-electron chi connectivity index (χ1n) is 6.00. The molecule has 0 aliphatic carbocycles. The highest BCUT2D eigenvalue weighted by Gasteiger charge is 2.16. The van der Waals surface area contributed by atoms with Gasteiger partial charge in [0.1, 0.15) is 0 Å². The summed E-state index contributed by atoms with van der Waals surface area (Å²) >= 11 is 11.6. The Hall–Kier alpha value is -1.25. The van der Waals surface area contributed by atoms with E-state index in [-0.39, 0.29) is 11.7 Å². The van der Waals surface area contributed by atoms with Crippen molar-refractivity contribution in [2.75, 3.05) is 5.88 Å². The zero-order valence-electron chi connectivity index (χ0n) is 11.1. The first-order valence-corrected chi connectivity index (χ1v) is 6.91. The predicted molar refractivity (Wildman–Crippen MR) is 80.0 cm³/mol. The normalized spacial score (nSPS) is 10.8. The topological polar surface area (TPSA) is 22.0 Å². The Kier molecular flexibility index (Phi) is 4.02. The van der Waals surface area contributed by atoms with Crippen molar-refractivity contribution in [3.63, 3.8) is 0 Å². The number of benzene rings is 1. The van der Waals surface area contributed by atoms with Gasteiger partial charge in [-0.25, -0.2) is 0 Å². The molecule has 0 N–H and O–H groups in total. The molecule has 2 aromatic rings. The molecule has 2 rings (SSSR count). The summed E-state index contributed by atoms with van der Waals surface area (Å²) in [4.78, 5) is 11.8. The summed E-state index contributed by atoms with van der Waals surface area (Å²) in [5.41, 5.74) is 4.71. The highest BCUT2D eigenvalue weighted by atomic mass is 35.5. The van der Waals surface area contributed by atoms with Gasteiger partial charge in [-0.2, -0.15) is 0 Å². The molecule has 100 valence electrons. The van der Waals surface area contributed by atoms with Crippen LogP contribution in [0.4, 0.5) is 0 Å². The standard InChI is InChI=1S/C15H15Cl2NO/c1-9-6-12(17)4-5-14(9)18-10(2)7-13(11(18)3)15(19)8-16/h4-7H,8H2,1-3H3. The van der Waals surface area contributed by atoms with Gasteiger partial charge in [0.25, 0.3) is 0 Å². The van der Waals surface area contributed by atoms with Gasteiger partial charge < -0.3 is 4.57 Å². The minimum Gasteiger partial charge on any atom is -0.317 e. The summed E-state index contributed by atoms with van der Waals surface area (Å²) in [7, 11) is 0. The van der Waals surface area contributed by atoms with Crippen LogP contribution < -0.4 is 0 Å². The van der Waals surface area contributed by atoms with Gasteiger partial charge in [0.05, 0.1) is 5.88 Å². The number of hydrogen-bond donors (Lipinski definition) is 0. The quantitative estimate of drug-likeness (QED) is 0.604. The van der Waals surface area contributed by atoms with Crippen LogP contribution in [0.15, 0.2) is 24.3 Å². The number of carbonyl (C=O) groups is 1. The number of aromatic nitrogens is 1. The van der Waals surface area contributed by atoms with Gasteiger partial charge in [-0.05, 0) is 50.6 Å². The average Bonchev–Trinajstić information content (AvgIpc) is 2.65. The lowest BCUT2D eigenvalue weighted by molar-refractivity contribution is 0.102. The number of aryl methyl sites for hydroxylation is 2. The van der Waals surface area contributed by atoms with Crippen molar-refractivity contribution in [2.24, 2.45) is 0 Å². The van der Waals surface area contributed by atoms with Crippen LogP contribution in [0.5, 0.6) is 0 Å². The fourth-order valence-corrected chi connectivity index (χ4v) is 2.73. The highest BCUT2D eigenvalue weighted by Crippen LogP contribution is 2.25. The number of ketones is 1. The molecule has 1 aromatic heterocycles. The van der Waals surface area contributed by atoms with E-state index in [2.05, 4.69) is 4.57 Å². The Morgan fingerprint density at radius 1 is 1.21 bits per heavy atom. The summed E-state index contributed by atoms with van der Waals surface area (Å²) in [6, 6.07) is 7.62. The molecule has 0 aliphatic heterocycles. The molecule has 2 nitrogen and oxygen atoms in total. The molecule has 1 aromatic carbocycles. The Morgan fingerprint density at radius 2 is 1.89 bits per heavy atom. The number of rotatable bonds is 3. The molecule has 0 bridgehead atoms. The molecular formula is C15H15Cl2NO. The minimum atomic E-state index is -0.0485. The Bertz CT molecular complexity index is 644.